The summed E-state index contributed by atoms with van der Waals surface area (Å²) in [6, 6.07) is 4.21. The monoisotopic (exact) mass is 309 g/mol. The topological polar surface area (TPSA) is 12.0 Å². The van der Waals surface area contributed by atoms with Crippen LogP contribution in [0.3, 0.4) is 0 Å². The number of thiophene rings is 1. The highest BCUT2D eigenvalue weighted by atomic mass is 79.9. The molecule has 1 unspecified atom stereocenters. The third kappa shape index (κ3) is 5.91. The first-order chi connectivity index (χ1) is 7.08. The van der Waals surface area contributed by atoms with Crippen molar-refractivity contribution in [3.8, 4) is 0 Å². The van der Waals surface area contributed by atoms with Gasteiger partial charge in [0.15, 0.2) is 0 Å². The van der Waals surface area contributed by atoms with E-state index in [1.807, 2.05) is 0 Å². The van der Waals surface area contributed by atoms with Crippen LogP contribution in [0.1, 0.15) is 25.1 Å². The number of hydrogen-bond acceptors (Lipinski definition) is 2. The molecule has 0 aliphatic carbocycles. The lowest BCUT2D eigenvalue weighted by Crippen LogP contribution is -2.23. The summed E-state index contributed by atoms with van der Waals surface area (Å²) < 4.78 is 1.18. The number of hydrogen-bond donors (Lipinski definition) is 1. The minimum atomic E-state index is 0.244. The second-order valence-electron chi connectivity index (χ2n) is 4.06. The fraction of sp³-hybridized carbons (Fsp3) is 0.636. The van der Waals surface area contributed by atoms with Crippen LogP contribution in [0.4, 0.5) is 0 Å². The fourth-order valence-electron chi connectivity index (χ4n) is 1.39. The lowest BCUT2D eigenvalue weighted by Gasteiger charge is -2.12. The van der Waals surface area contributed by atoms with E-state index >= 15 is 0 Å². The molecule has 0 aromatic carbocycles. The summed E-state index contributed by atoms with van der Waals surface area (Å²) in [5.74, 6) is 0.671. The molecule has 0 amide bonds. The van der Waals surface area contributed by atoms with Crippen LogP contribution in [0.25, 0.3) is 0 Å². The van der Waals surface area contributed by atoms with Gasteiger partial charge in [-0.05, 0) is 40.4 Å². The molecule has 0 bridgehead atoms. The molecule has 4 heteroatoms. The first-order valence-corrected chi connectivity index (χ1v) is 7.21. The van der Waals surface area contributed by atoms with Gasteiger partial charge in [0.25, 0.3) is 0 Å². The summed E-state index contributed by atoms with van der Waals surface area (Å²) in [4.78, 5) is 1.34. The van der Waals surface area contributed by atoms with E-state index in [9.17, 15) is 0 Å². The van der Waals surface area contributed by atoms with Crippen LogP contribution in [0, 0.1) is 5.92 Å². The Kier molecular flexibility index (Phi) is 6.20. The van der Waals surface area contributed by atoms with Gasteiger partial charge in [-0.15, -0.1) is 22.9 Å². The summed E-state index contributed by atoms with van der Waals surface area (Å²) in [7, 11) is 0. The smallest absolute Gasteiger partial charge is 0.0701 e. The first-order valence-electron chi connectivity index (χ1n) is 5.17. The second kappa shape index (κ2) is 6.89. The summed E-state index contributed by atoms with van der Waals surface area (Å²) in [5, 5.41) is 3.62. The van der Waals surface area contributed by atoms with Gasteiger partial charge in [-0.3, -0.25) is 0 Å². The quantitative estimate of drug-likeness (QED) is 0.774. The highest BCUT2D eigenvalue weighted by molar-refractivity contribution is 9.11. The Balaban J connectivity index is 2.16. The minimum absolute atomic E-state index is 0.244. The van der Waals surface area contributed by atoms with E-state index in [2.05, 4.69) is 47.2 Å². The number of rotatable bonds is 6. The minimum Gasteiger partial charge on any atom is -0.310 e. The van der Waals surface area contributed by atoms with Gasteiger partial charge in [-0.25, -0.2) is 0 Å². The molecule has 0 aliphatic heterocycles. The number of nitrogens with one attached hydrogen (secondary N) is 1. The second-order valence-corrected chi connectivity index (χ2v) is 7.23. The Bertz CT molecular complexity index is 288. The van der Waals surface area contributed by atoms with Crippen molar-refractivity contribution in [1.29, 1.82) is 0 Å². The molecule has 1 heterocycles. The van der Waals surface area contributed by atoms with Crippen LogP contribution in [-0.2, 0) is 6.54 Å². The van der Waals surface area contributed by atoms with Crippen LogP contribution in [0.2, 0.25) is 0 Å². The van der Waals surface area contributed by atoms with Crippen molar-refractivity contribution >= 4 is 38.9 Å². The predicted molar refractivity (Wildman–Crippen MR) is 72.8 cm³/mol. The fourth-order valence-corrected chi connectivity index (χ4v) is 3.31. The van der Waals surface area contributed by atoms with E-state index in [0.717, 1.165) is 19.5 Å². The highest BCUT2D eigenvalue weighted by Gasteiger charge is 2.06. The van der Waals surface area contributed by atoms with Gasteiger partial charge >= 0.3 is 0 Å². The van der Waals surface area contributed by atoms with Crippen molar-refractivity contribution in [3.63, 3.8) is 0 Å². The maximum Gasteiger partial charge on any atom is 0.0701 e. The summed E-state index contributed by atoms with van der Waals surface area (Å²) in [6.45, 7) is 6.20. The zero-order chi connectivity index (χ0) is 11.3. The molecule has 1 aromatic rings. The molecule has 0 saturated heterocycles. The van der Waals surface area contributed by atoms with E-state index < -0.39 is 0 Å². The molecule has 86 valence electrons. The van der Waals surface area contributed by atoms with E-state index in [-0.39, 0.29) is 5.38 Å². The molecule has 1 aromatic heterocycles. The van der Waals surface area contributed by atoms with Crippen molar-refractivity contribution in [2.24, 2.45) is 5.92 Å². The van der Waals surface area contributed by atoms with E-state index in [0.29, 0.717) is 5.92 Å². The van der Waals surface area contributed by atoms with Gasteiger partial charge in [-0.1, -0.05) is 13.8 Å². The summed E-state index contributed by atoms with van der Waals surface area (Å²) >= 11 is 11.4. The largest absolute Gasteiger partial charge is 0.310 e. The Morgan fingerprint density at radius 3 is 2.73 bits per heavy atom. The molecular formula is C11H17BrClNS. The average Bonchev–Trinajstić information content (AvgIpc) is 2.50. The molecular weight excluding hydrogens is 294 g/mol. The first kappa shape index (κ1) is 13.5. The van der Waals surface area contributed by atoms with Crippen molar-refractivity contribution in [2.75, 3.05) is 6.54 Å². The summed E-state index contributed by atoms with van der Waals surface area (Å²) in [6.07, 6.45) is 1.07. The van der Waals surface area contributed by atoms with Gasteiger partial charge in [0, 0.05) is 23.3 Å². The molecule has 0 aliphatic rings. The Hall–Kier alpha value is 0.430. The highest BCUT2D eigenvalue weighted by Crippen LogP contribution is 2.21. The molecule has 1 atom stereocenters. The molecule has 1 nitrogen and oxygen atoms in total. The van der Waals surface area contributed by atoms with Crippen molar-refractivity contribution in [3.05, 3.63) is 20.8 Å². The van der Waals surface area contributed by atoms with Gasteiger partial charge in [0.05, 0.1) is 3.79 Å². The Morgan fingerprint density at radius 2 is 2.20 bits per heavy atom. The maximum atomic E-state index is 6.18. The predicted octanol–water partition coefficient (Wildman–Crippen LogP) is 4.25. The van der Waals surface area contributed by atoms with Crippen LogP contribution in [0.15, 0.2) is 15.9 Å². The van der Waals surface area contributed by atoms with Crippen molar-refractivity contribution < 1.29 is 0 Å². The van der Waals surface area contributed by atoms with Crippen LogP contribution < -0.4 is 5.32 Å². The van der Waals surface area contributed by atoms with Gasteiger partial charge < -0.3 is 5.32 Å². The molecule has 0 spiro atoms. The molecule has 1 N–H and O–H groups in total. The van der Waals surface area contributed by atoms with E-state index in [1.54, 1.807) is 11.3 Å². The third-order valence-corrected chi connectivity index (χ3v) is 3.98. The zero-order valence-electron chi connectivity index (χ0n) is 9.09. The SMILES string of the molecule is CC(C)CC(Cl)CNCc1ccc(Br)s1. The summed E-state index contributed by atoms with van der Waals surface area (Å²) in [5.41, 5.74) is 0. The average molecular weight is 311 g/mol. The number of alkyl halides is 1. The van der Waals surface area contributed by atoms with Crippen LogP contribution in [-0.4, -0.2) is 11.9 Å². The van der Waals surface area contributed by atoms with Crippen molar-refractivity contribution in [1.82, 2.24) is 5.32 Å². The van der Waals surface area contributed by atoms with Crippen LogP contribution >= 0.6 is 38.9 Å². The van der Waals surface area contributed by atoms with Gasteiger partial charge in [-0.2, -0.15) is 0 Å². The van der Waals surface area contributed by atoms with E-state index in [4.69, 9.17) is 11.6 Å². The standard InChI is InChI=1S/C11H17BrClNS/c1-8(2)5-9(13)6-14-7-10-3-4-11(12)15-10/h3-4,8-9,14H,5-7H2,1-2H3. The van der Waals surface area contributed by atoms with Crippen LogP contribution in [0.5, 0.6) is 0 Å². The lowest BCUT2D eigenvalue weighted by atomic mass is 10.1. The molecule has 0 saturated carbocycles. The third-order valence-electron chi connectivity index (χ3n) is 2.02. The zero-order valence-corrected chi connectivity index (χ0v) is 12.3. The van der Waals surface area contributed by atoms with Gasteiger partial charge in [0.1, 0.15) is 0 Å². The molecule has 1 rings (SSSR count). The van der Waals surface area contributed by atoms with Gasteiger partial charge in [0.2, 0.25) is 0 Å². The Labute approximate surface area is 109 Å². The molecule has 15 heavy (non-hydrogen) atoms. The van der Waals surface area contributed by atoms with E-state index in [1.165, 1.54) is 8.66 Å². The number of halogens is 2. The normalized spacial score (nSPS) is 13.4. The Morgan fingerprint density at radius 1 is 1.47 bits per heavy atom. The molecule has 0 radical (unpaired) electrons. The lowest BCUT2D eigenvalue weighted by molar-refractivity contribution is 0.534. The van der Waals surface area contributed by atoms with Crippen molar-refractivity contribution in [2.45, 2.75) is 32.2 Å². The maximum absolute atomic E-state index is 6.18. The molecule has 0 fully saturated rings.